The average molecular weight is 523 g/mol. The number of rotatable bonds is 12. The smallest absolute Gasteiger partial charge is 0.279 e. The molecule has 1 aliphatic rings. The van der Waals surface area contributed by atoms with Gasteiger partial charge >= 0.3 is 0 Å². The minimum atomic E-state index is -3.47. The molecule has 0 saturated heterocycles. The SMILES string of the molecule is COCCCS(=O)(=O)c1ccc(C(=NO[C@@H]2CC[C@@H](OC)C2)C(=O)Nc2cnc(SC)cn2)cc1. The summed E-state index contributed by atoms with van der Waals surface area (Å²) in [6.07, 6.45) is 7.49. The highest BCUT2D eigenvalue weighted by Gasteiger charge is 2.27. The molecule has 12 heteroatoms. The van der Waals surface area contributed by atoms with E-state index in [1.165, 1.54) is 37.2 Å². The van der Waals surface area contributed by atoms with Gasteiger partial charge in [-0.25, -0.2) is 18.4 Å². The lowest BCUT2D eigenvalue weighted by molar-refractivity contribution is -0.110. The van der Waals surface area contributed by atoms with E-state index >= 15 is 0 Å². The molecule has 1 saturated carbocycles. The number of nitrogens with zero attached hydrogens (tertiary/aromatic N) is 3. The van der Waals surface area contributed by atoms with Gasteiger partial charge in [-0.05, 0) is 37.7 Å². The van der Waals surface area contributed by atoms with Crippen molar-refractivity contribution in [1.82, 2.24) is 9.97 Å². The highest BCUT2D eigenvalue weighted by Crippen LogP contribution is 2.25. The number of ether oxygens (including phenoxy) is 2. The van der Waals surface area contributed by atoms with Crippen molar-refractivity contribution in [2.24, 2.45) is 5.16 Å². The maximum absolute atomic E-state index is 13.1. The quantitative estimate of drug-likeness (QED) is 0.194. The number of carbonyl (C=O) groups excluding carboxylic acids is 1. The molecule has 1 fully saturated rings. The third-order valence-corrected chi connectivity index (χ3v) is 7.95. The number of aromatic nitrogens is 2. The number of anilines is 1. The molecule has 0 bridgehead atoms. The van der Waals surface area contributed by atoms with Gasteiger partial charge in [-0.15, -0.1) is 11.8 Å². The van der Waals surface area contributed by atoms with E-state index in [4.69, 9.17) is 14.3 Å². The van der Waals surface area contributed by atoms with Crippen LogP contribution in [-0.4, -0.2) is 75.0 Å². The molecule has 0 radical (unpaired) electrons. The first kappa shape index (κ1) is 27.1. The first-order valence-electron chi connectivity index (χ1n) is 11.1. The molecule has 0 unspecified atom stereocenters. The third kappa shape index (κ3) is 7.72. The van der Waals surface area contributed by atoms with Crippen LogP contribution in [0.2, 0.25) is 0 Å². The molecular weight excluding hydrogens is 492 g/mol. The van der Waals surface area contributed by atoms with E-state index < -0.39 is 15.7 Å². The number of thioether (sulfide) groups is 1. The number of carbonyl (C=O) groups is 1. The summed E-state index contributed by atoms with van der Waals surface area (Å²) in [6, 6.07) is 6.01. The highest BCUT2D eigenvalue weighted by atomic mass is 32.2. The zero-order valence-corrected chi connectivity index (χ0v) is 21.6. The van der Waals surface area contributed by atoms with Crippen molar-refractivity contribution in [1.29, 1.82) is 0 Å². The number of benzene rings is 1. The Morgan fingerprint density at radius 2 is 1.89 bits per heavy atom. The zero-order valence-electron chi connectivity index (χ0n) is 20.0. The van der Waals surface area contributed by atoms with Gasteiger partial charge < -0.3 is 19.6 Å². The van der Waals surface area contributed by atoms with Crippen LogP contribution in [0.3, 0.4) is 0 Å². The predicted octanol–water partition coefficient (Wildman–Crippen LogP) is 2.94. The Labute approximate surface area is 209 Å². The van der Waals surface area contributed by atoms with Crippen molar-refractivity contribution >= 4 is 39.0 Å². The van der Waals surface area contributed by atoms with Gasteiger partial charge in [0, 0.05) is 32.8 Å². The first-order chi connectivity index (χ1) is 16.9. The van der Waals surface area contributed by atoms with E-state index in [1.807, 2.05) is 6.26 Å². The fourth-order valence-electron chi connectivity index (χ4n) is 3.56. The predicted molar refractivity (Wildman–Crippen MR) is 133 cm³/mol. The van der Waals surface area contributed by atoms with Crippen LogP contribution in [0.4, 0.5) is 5.82 Å². The maximum atomic E-state index is 13.1. The molecule has 190 valence electrons. The first-order valence-corrected chi connectivity index (χ1v) is 14.0. The van der Waals surface area contributed by atoms with Crippen molar-refractivity contribution in [3.63, 3.8) is 0 Å². The number of amides is 1. The molecule has 2 atom stereocenters. The molecule has 1 heterocycles. The van der Waals surface area contributed by atoms with Gasteiger partial charge in [-0.3, -0.25) is 4.79 Å². The number of hydrogen-bond donors (Lipinski definition) is 1. The fourth-order valence-corrected chi connectivity index (χ4v) is 5.16. The summed E-state index contributed by atoms with van der Waals surface area (Å²) < 4.78 is 35.4. The van der Waals surface area contributed by atoms with Crippen LogP contribution in [0.5, 0.6) is 0 Å². The number of oxime groups is 1. The molecule has 1 N–H and O–H groups in total. The lowest BCUT2D eigenvalue weighted by Crippen LogP contribution is -2.25. The Hall–Kier alpha value is -2.54. The van der Waals surface area contributed by atoms with E-state index in [1.54, 1.807) is 25.4 Å². The van der Waals surface area contributed by atoms with E-state index in [0.717, 1.165) is 17.9 Å². The maximum Gasteiger partial charge on any atom is 0.279 e. The monoisotopic (exact) mass is 522 g/mol. The summed E-state index contributed by atoms with van der Waals surface area (Å²) in [7, 11) is -0.288. The molecule has 1 aromatic heterocycles. The van der Waals surface area contributed by atoms with Gasteiger partial charge in [0.25, 0.3) is 5.91 Å². The minimum Gasteiger partial charge on any atom is -0.392 e. The van der Waals surface area contributed by atoms with Crippen molar-refractivity contribution in [2.75, 3.05) is 38.2 Å². The van der Waals surface area contributed by atoms with Crippen LogP contribution in [0, 0.1) is 0 Å². The van der Waals surface area contributed by atoms with Crippen LogP contribution in [0.25, 0.3) is 0 Å². The largest absolute Gasteiger partial charge is 0.392 e. The number of methoxy groups -OCH3 is 2. The Morgan fingerprint density at radius 3 is 2.49 bits per heavy atom. The minimum absolute atomic E-state index is 0.00457. The van der Waals surface area contributed by atoms with E-state index in [0.29, 0.717) is 25.0 Å². The van der Waals surface area contributed by atoms with Crippen molar-refractivity contribution < 1.29 is 27.5 Å². The Morgan fingerprint density at radius 1 is 1.14 bits per heavy atom. The number of nitrogens with one attached hydrogen (secondary N) is 1. The van der Waals surface area contributed by atoms with Crippen molar-refractivity contribution in [3.05, 3.63) is 42.2 Å². The molecule has 2 aromatic rings. The van der Waals surface area contributed by atoms with Gasteiger partial charge in [0.15, 0.2) is 21.4 Å². The number of hydrogen-bond acceptors (Lipinski definition) is 10. The van der Waals surface area contributed by atoms with Crippen LogP contribution in [0.1, 0.15) is 31.2 Å². The summed E-state index contributed by atoms with van der Waals surface area (Å²) in [4.78, 5) is 27.3. The zero-order chi connectivity index (χ0) is 25.3. The summed E-state index contributed by atoms with van der Waals surface area (Å²) in [5.41, 5.74) is 0.415. The summed E-state index contributed by atoms with van der Waals surface area (Å²) >= 11 is 1.44. The molecule has 1 aliphatic carbocycles. The summed E-state index contributed by atoms with van der Waals surface area (Å²) in [6.45, 7) is 0.359. The Bertz CT molecular complexity index is 1110. The van der Waals surface area contributed by atoms with Gasteiger partial charge in [-0.2, -0.15) is 0 Å². The Balaban J connectivity index is 1.81. The Kier molecular flexibility index (Phi) is 10.0. The second-order valence-corrected chi connectivity index (χ2v) is 10.9. The van der Waals surface area contributed by atoms with Gasteiger partial charge in [0.2, 0.25) is 0 Å². The lowest BCUT2D eigenvalue weighted by Gasteiger charge is -2.12. The molecule has 1 amide bonds. The van der Waals surface area contributed by atoms with Gasteiger partial charge in [-0.1, -0.05) is 17.3 Å². The lowest BCUT2D eigenvalue weighted by atomic mass is 10.1. The normalized spacial score (nSPS) is 18.4. The highest BCUT2D eigenvalue weighted by molar-refractivity contribution is 7.98. The van der Waals surface area contributed by atoms with Crippen LogP contribution in [0.15, 0.2) is 51.7 Å². The molecule has 10 nitrogen and oxygen atoms in total. The average Bonchev–Trinajstić information content (AvgIpc) is 3.33. The van der Waals surface area contributed by atoms with E-state index in [9.17, 15) is 13.2 Å². The van der Waals surface area contributed by atoms with E-state index in [2.05, 4.69) is 20.4 Å². The number of sulfone groups is 1. The third-order valence-electron chi connectivity index (χ3n) is 5.51. The molecule has 0 spiro atoms. The summed E-state index contributed by atoms with van der Waals surface area (Å²) in [5, 5.41) is 7.55. The van der Waals surface area contributed by atoms with Gasteiger partial charge in [0.1, 0.15) is 11.1 Å². The van der Waals surface area contributed by atoms with Crippen LogP contribution in [-0.2, 0) is 28.9 Å². The summed E-state index contributed by atoms with van der Waals surface area (Å²) in [5.74, 6) is -0.316. The van der Waals surface area contributed by atoms with Crippen LogP contribution < -0.4 is 5.32 Å². The fraction of sp³-hybridized carbons (Fsp3) is 0.478. The molecule has 1 aromatic carbocycles. The van der Waals surface area contributed by atoms with E-state index in [-0.39, 0.29) is 34.4 Å². The molecule has 35 heavy (non-hydrogen) atoms. The molecule has 3 rings (SSSR count). The van der Waals surface area contributed by atoms with Crippen LogP contribution >= 0.6 is 11.8 Å². The second kappa shape index (κ2) is 13.0. The van der Waals surface area contributed by atoms with Crippen molar-refractivity contribution in [3.8, 4) is 0 Å². The molecule has 0 aliphatic heterocycles. The molecular formula is C23H30N4O6S2. The van der Waals surface area contributed by atoms with Gasteiger partial charge in [0.05, 0.1) is 29.1 Å². The van der Waals surface area contributed by atoms with Crippen molar-refractivity contribution in [2.45, 2.75) is 47.8 Å². The topological polar surface area (TPSA) is 129 Å². The standard InChI is InChI=1S/C23H30N4O6S2/c1-31-11-4-12-35(29,30)19-9-5-16(6-10-19)22(27-33-18-8-7-17(13-18)32-2)23(28)26-20-14-25-21(34-3)15-24-20/h5-6,9-10,14-15,17-18H,4,7-8,11-13H2,1-3H3,(H,24,26,28)/t17-,18-/m1/s1. The second-order valence-electron chi connectivity index (χ2n) is 7.93.